The molecule has 5 nitrogen and oxygen atoms in total. The smallest absolute Gasteiger partial charge is 0.240 e. The second kappa shape index (κ2) is 6.13. The Morgan fingerprint density at radius 2 is 2.12 bits per heavy atom. The lowest BCUT2D eigenvalue weighted by atomic mass is 10.2. The molecule has 17 heavy (non-hydrogen) atoms. The van der Waals surface area contributed by atoms with Gasteiger partial charge in [-0.2, -0.15) is 11.8 Å². The van der Waals surface area contributed by atoms with Gasteiger partial charge in [-0.15, -0.1) is 0 Å². The molecule has 0 atom stereocenters. The highest BCUT2D eigenvalue weighted by atomic mass is 32.2. The lowest BCUT2D eigenvalue weighted by molar-refractivity contribution is 0.588. The summed E-state index contributed by atoms with van der Waals surface area (Å²) in [5, 5.41) is 3.15. The third-order valence-corrected chi connectivity index (χ3v) is 4.25. The summed E-state index contributed by atoms with van der Waals surface area (Å²) in [6, 6.07) is 4.66. The van der Waals surface area contributed by atoms with Gasteiger partial charge in [0.2, 0.25) is 10.0 Å². The summed E-state index contributed by atoms with van der Waals surface area (Å²) in [6.45, 7) is 0.795. The molecular weight excluding hydrogens is 258 g/mol. The molecule has 0 bridgehead atoms. The number of nitrogens with one attached hydrogen (secondary N) is 2. The van der Waals surface area contributed by atoms with Gasteiger partial charge in [0.05, 0.1) is 16.3 Å². The summed E-state index contributed by atoms with van der Waals surface area (Å²) >= 11 is 1.73. The molecule has 0 spiro atoms. The zero-order valence-electron chi connectivity index (χ0n) is 9.86. The van der Waals surface area contributed by atoms with Gasteiger partial charge in [0, 0.05) is 12.3 Å². The maximum atomic E-state index is 11.5. The number of nitrogen functional groups attached to an aromatic ring is 1. The first-order valence-electron chi connectivity index (χ1n) is 5.07. The highest BCUT2D eigenvalue weighted by Gasteiger charge is 2.12. The number of hydrogen-bond acceptors (Lipinski definition) is 5. The van der Waals surface area contributed by atoms with E-state index in [0.29, 0.717) is 5.69 Å². The SMILES string of the molecule is CNS(=O)(=O)c1ccc(NCCSC)c(N)c1. The second-order valence-electron chi connectivity index (χ2n) is 3.38. The van der Waals surface area contributed by atoms with Gasteiger partial charge >= 0.3 is 0 Å². The third-order valence-electron chi connectivity index (χ3n) is 2.22. The van der Waals surface area contributed by atoms with E-state index in [1.165, 1.54) is 19.2 Å². The maximum Gasteiger partial charge on any atom is 0.240 e. The van der Waals surface area contributed by atoms with Crippen molar-refractivity contribution in [2.24, 2.45) is 0 Å². The van der Waals surface area contributed by atoms with E-state index in [0.717, 1.165) is 18.0 Å². The fourth-order valence-corrected chi connectivity index (χ4v) is 2.35. The Hall–Kier alpha value is -0.920. The zero-order valence-corrected chi connectivity index (χ0v) is 11.5. The van der Waals surface area contributed by atoms with Gasteiger partial charge in [0.25, 0.3) is 0 Å². The molecule has 0 radical (unpaired) electrons. The van der Waals surface area contributed by atoms with Crippen molar-refractivity contribution >= 4 is 33.2 Å². The lowest BCUT2D eigenvalue weighted by Gasteiger charge is -2.10. The summed E-state index contributed by atoms with van der Waals surface area (Å²) in [7, 11) is -2.05. The number of hydrogen-bond donors (Lipinski definition) is 3. The minimum Gasteiger partial charge on any atom is -0.397 e. The van der Waals surface area contributed by atoms with Crippen molar-refractivity contribution in [3.63, 3.8) is 0 Å². The van der Waals surface area contributed by atoms with Crippen molar-refractivity contribution in [3.05, 3.63) is 18.2 Å². The van der Waals surface area contributed by atoms with Crippen LogP contribution >= 0.6 is 11.8 Å². The molecule has 7 heteroatoms. The van der Waals surface area contributed by atoms with Crippen LogP contribution < -0.4 is 15.8 Å². The average molecular weight is 275 g/mol. The number of benzene rings is 1. The minimum absolute atomic E-state index is 0.174. The molecule has 1 aromatic rings. The molecule has 1 aromatic carbocycles. The third kappa shape index (κ3) is 3.79. The van der Waals surface area contributed by atoms with Gasteiger partial charge < -0.3 is 11.1 Å². The van der Waals surface area contributed by atoms with E-state index in [9.17, 15) is 8.42 Å². The number of anilines is 2. The molecule has 0 aliphatic rings. The summed E-state index contributed by atoms with van der Waals surface area (Å²) in [6.07, 6.45) is 2.02. The Labute approximate surface area is 106 Å². The highest BCUT2D eigenvalue weighted by Crippen LogP contribution is 2.22. The van der Waals surface area contributed by atoms with E-state index in [2.05, 4.69) is 10.0 Å². The Balaban J connectivity index is 2.87. The fourth-order valence-electron chi connectivity index (χ4n) is 1.27. The Morgan fingerprint density at radius 3 is 2.65 bits per heavy atom. The fraction of sp³-hybridized carbons (Fsp3) is 0.400. The Bertz CT molecular complexity index is 474. The predicted octanol–water partition coefficient (Wildman–Crippen LogP) is 0.952. The van der Waals surface area contributed by atoms with Crippen molar-refractivity contribution in [1.82, 2.24) is 4.72 Å². The number of sulfonamides is 1. The average Bonchev–Trinajstić information content (AvgIpc) is 2.31. The van der Waals surface area contributed by atoms with Crippen molar-refractivity contribution in [1.29, 1.82) is 0 Å². The molecule has 0 aliphatic carbocycles. The van der Waals surface area contributed by atoms with Crippen molar-refractivity contribution in [3.8, 4) is 0 Å². The number of rotatable bonds is 6. The molecular formula is C10H17N3O2S2. The van der Waals surface area contributed by atoms with Crippen LogP contribution in [0.1, 0.15) is 0 Å². The van der Waals surface area contributed by atoms with Crippen LogP contribution in [0.4, 0.5) is 11.4 Å². The molecule has 0 amide bonds. The van der Waals surface area contributed by atoms with Crippen molar-refractivity contribution in [2.45, 2.75) is 4.90 Å². The monoisotopic (exact) mass is 275 g/mol. The Kier molecular flexibility index (Phi) is 5.10. The van der Waals surface area contributed by atoms with Crippen LogP contribution in [0.5, 0.6) is 0 Å². The second-order valence-corrected chi connectivity index (χ2v) is 6.25. The van der Waals surface area contributed by atoms with Crippen LogP contribution in [0.25, 0.3) is 0 Å². The molecule has 0 saturated heterocycles. The molecule has 1 rings (SSSR count). The van der Waals surface area contributed by atoms with Crippen LogP contribution in [0, 0.1) is 0 Å². The van der Waals surface area contributed by atoms with E-state index in [1.807, 2.05) is 6.26 Å². The quantitative estimate of drug-likeness (QED) is 0.532. The van der Waals surface area contributed by atoms with Crippen molar-refractivity contribution in [2.75, 3.05) is 36.7 Å². The first-order chi connectivity index (χ1) is 8.01. The summed E-state index contributed by atoms with van der Waals surface area (Å²) < 4.78 is 25.3. The van der Waals surface area contributed by atoms with Gasteiger partial charge in [-0.25, -0.2) is 13.1 Å². The summed E-state index contributed by atoms with van der Waals surface area (Å²) in [4.78, 5) is 0.174. The van der Waals surface area contributed by atoms with E-state index in [1.54, 1.807) is 17.8 Å². The van der Waals surface area contributed by atoms with Gasteiger partial charge in [-0.3, -0.25) is 0 Å². The van der Waals surface area contributed by atoms with Crippen LogP contribution in [-0.2, 0) is 10.0 Å². The van der Waals surface area contributed by atoms with Gasteiger partial charge in [0.15, 0.2) is 0 Å². The maximum absolute atomic E-state index is 11.5. The molecule has 0 saturated carbocycles. The predicted molar refractivity (Wildman–Crippen MR) is 74.0 cm³/mol. The Morgan fingerprint density at radius 1 is 1.41 bits per heavy atom. The van der Waals surface area contributed by atoms with Gasteiger partial charge in [-0.1, -0.05) is 0 Å². The van der Waals surface area contributed by atoms with Gasteiger partial charge in [-0.05, 0) is 31.5 Å². The summed E-state index contributed by atoms with van der Waals surface area (Å²) in [5.41, 5.74) is 6.98. The van der Waals surface area contributed by atoms with Crippen LogP contribution in [0.15, 0.2) is 23.1 Å². The summed E-state index contributed by atoms with van der Waals surface area (Å²) in [5.74, 6) is 0.968. The zero-order chi connectivity index (χ0) is 12.9. The van der Waals surface area contributed by atoms with Crippen LogP contribution in [0.2, 0.25) is 0 Å². The molecule has 0 fully saturated rings. The largest absolute Gasteiger partial charge is 0.397 e. The standard InChI is InChI=1S/C10H17N3O2S2/c1-12-17(14,15)8-3-4-10(9(11)7-8)13-5-6-16-2/h3-4,7,12-13H,5-6,11H2,1-2H3. The highest BCUT2D eigenvalue weighted by molar-refractivity contribution is 7.98. The molecule has 0 heterocycles. The topological polar surface area (TPSA) is 84.2 Å². The minimum atomic E-state index is -3.42. The lowest BCUT2D eigenvalue weighted by Crippen LogP contribution is -2.19. The number of thioether (sulfide) groups is 1. The van der Waals surface area contributed by atoms with Gasteiger partial charge in [0.1, 0.15) is 0 Å². The molecule has 0 unspecified atom stereocenters. The van der Waals surface area contributed by atoms with E-state index >= 15 is 0 Å². The van der Waals surface area contributed by atoms with E-state index in [-0.39, 0.29) is 4.90 Å². The molecule has 96 valence electrons. The first kappa shape index (κ1) is 14.1. The molecule has 4 N–H and O–H groups in total. The number of nitrogens with two attached hydrogens (primary N) is 1. The molecule has 0 aliphatic heterocycles. The molecule has 0 aromatic heterocycles. The van der Waals surface area contributed by atoms with E-state index in [4.69, 9.17) is 5.73 Å². The normalized spacial score (nSPS) is 11.4. The van der Waals surface area contributed by atoms with Crippen LogP contribution in [-0.4, -0.2) is 34.0 Å². The van der Waals surface area contributed by atoms with E-state index < -0.39 is 10.0 Å². The van der Waals surface area contributed by atoms with Crippen molar-refractivity contribution < 1.29 is 8.42 Å². The van der Waals surface area contributed by atoms with Crippen LogP contribution in [0.3, 0.4) is 0 Å². The first-order valence-corrected chi connectivity index (χ1v) is 7.95.